The molecule has 1 atom stereocenters. The average Bonchev–Trinajstić information content (AvgIpc) is 2.66. The Kier molecular flexibility index (Phi) is 12.1. The van der Waals surface area contributed by atoms with Gasteiger partial charge in [0.1, 0.15) is 0 Å². The maximum Gasteiger partial charge on any atom is 0.0848 e. The van der Waals surface area contributed by atoms with E-state index in [2.05, 4.69) is 106 Å². The third-order valence-corrected chi connectivity index (χ3v) is 5.83. The normalized spacial score (nSPS) is 12.5. The molecular weight excluding hydrogens is 413 g/mol. The van der Waals surface area contributed by atoms with Crippen LogP contribution in [0.4, 0.5) is 5.69 Å². The Labute approximate surface area is 195 Å². The van der Waals surface area contributed by atoms with Crippen LogP contribution >= 0.6 is 24.8 Å². The van der Waals surface area contributed by atoms with Crippen LogP contribution in [0.5, 0.6) is 0 Å². The smallest absolute Gasteiger partial charge is 0.0848 e. The zero-order valence-electron chi connectivity index (χ0n) is 19.2. The first kappa shape index (κ1) is 28.3. The maximum absolute atomic E-state index is 10.1. The molecule has 0 amide bonds. The first-order chi connectivity index (χ1) is 13.3. The first-order valence-corrected chi connectivity index (χ1v) is 10.2. The van der Waals surface area contributed by atoms with E-state index in [-0.39, 0.29) is 30.7 Å². The number of anilines is 1. The summed E-state index contributed by atoms with van der Waals surface area (Å²) in [4.78, 5) is 4.47. The van der Waals surface area contributed by atoms with E-state index in [0.717, 1.165) is 25.9 Å². The summed E-state index contributed by atoms with van der Waals surface area (Å²) < 4.78 is 0. The Morgan fingerprint density at radius 2 is 1.57 bits per heavy atom. The molecule has 0 saturated heterocycles. The lowest BCUT2D eigenvalue weighted by Crippen LogP contribution is -2.33. The van der Waals surface area contributed by atoms with Crippen LogP contribution in [0.15, 0.2) is 48.5 Å². The molecule has 0 aromatic heterocycles. The summed E-state index contributed by atoms with van der Waals surface area (Å²) in [6.07, 6.45) is 1.89. The average molecular weight is 450 g/mol. The second kappa shape index (κ2) is 12.8. The molecular formula is C25H37Cl2N3. The van der Waals surface area contributed by atoms with Crippen molar-refractivity contribution in [3.05, 3.63) is 65.2 Å². The van der Waals surface area contributed by atoms with Crippen LogP contribution in [0, 0.1) is 24.2 Å². The molecule has 2 rings (SSSR count). The summed E-state index contributed by atoms with van der Waals surface area (Å²) >= 11 is 0. The monoisotopic (exact) mass is 449 g/mol. The molecule has 0 radical (unpaired) electrons. The van der Waals surface area contributed by atoms with E-state index >= 15 is 0 Å². The van der Waals surface area contributed by atoms with Crippen molar-refractivity contribution < 1.29 is 0 Å². The van der Waals surface area contributed by atoms with Crippen LogP contribution < -0.4 is 4.90 Å². The Balaban J connectivity index is 0.00000420. The molecule has 30 heavy (non-hydrogen) atoms. The highest BCUT2D eigenvalue weighted by molar-refractivity contribution is 5.85. The molecule has 0 heterocycles. The largest absolute Gasteiger partial charge is 0.378 e. The van der Waals surface area contributed by atoms with E-state index in [0.29, 0.717) is 0 Å². The van der Waals surface area contributed by atoms with Gasteiger partial charge in [0.05, 0.1) is 11.5 Å². The van der Waals surface area contributed by atoms with Crippen molar-refractivity contribution in [1.82, 2.24) is 4.90 Å². The minimum absolute atomic E-state index is 0. The van der Waals surface area contributed by atoms with Crippen LogP contribution in [0.3, 0.4) is 0 Å². The summed E-state index contributed by atoms with van der Waals surface area (Å²) in [5.74, 6) is 0.280. The van der Waals surface area contributed by atoms with Gasteiger partial charge in [-0.25, -0.2) is 0 Å². The van der Waals surface area contributed by atoms with E-state index < -0.39 is 5.41 Å². The SMILES string of the molecule is Cc1ccccc1C(C#N)(CCCN(C)Cc1ccc(N(C)C)cc1)C(C)C.Cl.Cl. The minimum Gasteiger partial charge on any atom is -0.378 e. The third-order valence-electron chi connectivity index (χ3n) is 5.83. The van der Waals surface area contributed by atoms with Crippen LogP contribution in [0.1, 0.15) is 43.4 Å². The van der Waals surface area contributed by atoms with Crippen molar-refractivity contribution in [2.75, 3.05) is 32.6 Å². The predicted molar refractivity (Wildman–Crippen MR) is 134 cm³/mol. The molecule has 0 saturated carbocycles. The van der Waals surface area contributed by atoms with E-state index in [4.69, 9.17) is 0 Å². The van der Waals surface area contributed by atoms with Gasteiger partial charge in [0, 0.05) is 26.3 Å². The summed E-state index contributed by atoms with van der Waals surface area (Å²) in [6, 6.07) is 19.8. The quantitative estimate of drug-likeness (QED) is 0.453. The molecule has 0 aliphatic rings. The third kappa shape index (κ3) is 6.91. The molecule has 1 unspecified atom stereocenters. The number of nitrogens with zero attached hydrogens (tertiary/aromatic N) is 3. The Hall–Kier alpha value is -1.73. The molecule has 0 aliphatic carbocycles. The number of rotatable bonds is 9. The van der Waals surface area contributed by atoms with Crippen LogP contribution in [-0.4, -0.2) is 32.6 Å². The zero-order valence-corrected chi connectivity index (χ0v) is 20.8. The predicted octanol–water partition coefficient (Wildman–Crippen LogP) is 6.23. The lowest BCUT2D eigenvalue weighted by molar-refractivity contribution is 0.286. The second-order valence-electron chi connectivity index (χ2n) is 8.45. The van der Waals surface area contributed by atoms with Gasteiger partial charge in [-0.3, -0.25) is 0 Å². The van der Waals surface area contributed by atoms with Gasteiger partial charge in [0.2, 0.25) is 0 Å². The van der Waals surface area contributed by atoms with E-state index in [1.54, 1.807) is 0 Å². The number of halogens is 2. The molecule has 0 N–H and O–H groups in total. The standard InChI is InChI=1S/C25H35N3.2ClH/c1-20(2)25(19-26,24-11-8-7-10-21(24)3)16-9-17-28(6)18-22-12-14-23(15-13-22)27(4)5;;/h7-8,10-15,20H,9,16-18H2,1-6H3;2*1H. The van der Waals surface area contributed by atoms with Crippen molar-refractivity contribution in [3.8, 4) is 6.07 Å². The highest BCUT2D eigenvalue weighted by Gasteiger charge is 2.36. The van der Waals surface area contributed by atoms with Crippen molar-refractivity contribution in [3.63, 3.8) is 0 Å². The van der Waals surface area contributed by atoms with Crippen LogP contribution in [0.25, 0.3) is 0 Å². The summed E-state index contributed by atoms with van der Waals surface area (Å²) in [5.41, 5.74) is 4.53. The fourth-order valence-electron chi connectivity index (χ4n) is 3.97. The number of hydrogen-bond acceptors (Lipinski definition) is 3. The summed E-state index contributed by atoms with van der Waals surface area (Å²) in [7, 11) is 6.29. The number of hydrogen-bond donors (Lipinski definition) is 0. The van der Waals surface area contributed by atoms with Gasteiger partial charge < -0.3 is 9.80 Å². The van der Waals surface area contributed by atoms with E-state index in [9.17, 15) is 5.26 Å². The van der Waals surface area contributed by atoms with E-state index in [1.165, 1.54) is 22.4 Å². The molecule has 0 bridgehead atoms. The van der Waals surface area contributed by atoms with Gasteiger partial charge in [0.15, 0.2) is 0 Å². The molecule has 2 aromatic carbocycles. The molecule has 0 spiro atoms. The molecule has 166 valence electrons. The molecule has 0 aliphatic heterocycles. The Bertz CT molecular complexity index is 797. The van der Waals surface area contributed by atoms with Gasteiger partial charge in [-0.05, 0) is 68.1 Å². The first-order valence-electron chi connectivity index (χ1n) is 10.2. The maximum atomic E-state index is 10.1. The van der Waals surface area contributed by atoms with Gasteiger partial charge in [-0.1, -0.05) is 50.2 Å². The van der Waals surface area contributed by atoms with Crippen molar-refractivity contribution in [2.24, 2.45) is 5.92 Å². The molecule has 2 aromatic rings. The number of benzene rings is 2. The number of aryl methyl sites for hydroxylation is 1. The highest BCUT2D eigenvalue weighted by Crippen LogP contribution is 2.38. The van der Waals surface area contributed by atoms with Crippen LogP contribution in [-0.2, 0) is 12.0 Å². The lowest BCUT2D eigenvalue weighted by Gasteiger charge is -2.33. The minimum atomic E-state index is -0.417. The Morgan fingerprint density at radius 1 is 0.967 bits per heavy atom. The van der Waals surface area contributed by atoms with Crippen molar-refractivity contribution >= 4 is 30.5 Å². The fraction of sp³-hybridized carbons (Fsp3) is 0.480. The molecule has 3 nitrogen and oxygen atoms in total. The van der Waals surface area contributed by atoms with Crippen LogP contribution in [0.2, 0.25) is 0 Å². The van der Waals surface area contributed by atoms with Crippen molar-refractivity contribution in [1.29, 1.82) is 5.26 Å². The van der Waals surface area contributed by atoms with Crippen molar-refractivity contribution in [2.45, 2.75) is 45.6 Å². The van der Waals surface area contributed by atoms with E-state index in [1.807, 2.05) is 0 Å². The Morgan fingerprint density at radius 3 is 2.07 bits per heavy atom. The van der Waals surface area contributed by atoms with Gasteiger partial charge in [0.25, 0.3) is 0 Å². The topological polar surface area (TPSA) is 30.3 Å². The van der Waals surface area contributed by atoms with Gasteiger partial charge in [-0.2, -0.15) is 5.26 Å². The lowest BCUT2D eigenvalue weighted by atomic mass is 9.68. The molecule has 5 heteroatoms. The second-order valence-corrected chi connectivity index (χ2v) is 8.45. The van der Waals surface area contributed by atoms with Gasteiger partial charge in [-0.15, -0.1) is 24.8 Å². The summed E-state index contributed by atoms with van der Waals surface area (Å²) in [6.45, 7) is 8.38. The number of nitriles is 1. The highest BCUT2D eigenvalue weighted by atomic mass is 35.5. The molecule has 0 fully saturated rings. The summed E-state index contributed by atoms with van der Waals surface area (Å²) in [5, 5.41) is 10.1. The zero-order chi connectivity index (χ0) is 20.7. The fourth-order valence-corrected chi connectivity index (χ4v) is 3.97. The van der Waals surface area contributed by atoms with Gasteiger partial charge >= 0.3 is 0 Å².